The van der Waals surface area contributed by atoms with E-state index in [4.69, 9.17) is 11.6 Å². The highest BCUT2D eigenvalue weighted by atomic mass is 35.5. The van der Waals surface area contributed by atoms with Crippen molar-refractivity contribution < 1.29 is 4.92 Å². The normalized spacial score (nSPS) is 16.3. The maximum atomic E-state index is 11.1. The van der Waals surface area contributed by atoms with Crippen molar-refractivity contribution in [3.05, 3.63) is 33.3 Å². The molecule has 2 rings (SSSR count). The van der Waals surface area contributed by atoms with Crippen molar-refractivity contribution >= 4 is 23.0 Å². The van der Waals surface area contributed by atoms with E-state index < -0.39 is 0 Å². The first kappa shape index (κ1) is 14.1. The van der Waals surface area contributed by atoms with E-state index in [1.807, 2.05) is 11.9 Å². The molecule has 0 saturated carbocycles. The Morgan fingerprint density at radius 1 is 1.47 bits per heavy atom. The van der Waals surface area contributed by atoms with Crippen LogP contribution in [0.1, 0.15) is 12.8 Å². The number of anilines is 1. The molecule has 0 aliphatic carbocycles. The summed E-state index contributed by atoms with van der Waals surface area (Å²) in [5.74, 6) is 0.574. The monoisotopic (exact) mass is 283 g/mol. The predicted octanol–water partition coefficient (Wildman–Crippen LogP) is 2.68. The smallest absolute Gasteiger partial charge is 0.292 e. The highest BCUT2D eigenvalue weighted by Crippen LogP contribution is 2.31. The number of hydrogen-bond donors (Lipinski definition) is 1. The lowest BCUT2D eigenvalue weighted by molar-refractivity contribution is -0.384. The fourth-order valence-corrected chi connectivity index (χ4v) is 2.67. The summed E-state index contributed by atoms with van der Waals surface area (Å²) in [5.41, 5.74) is 0.705. The molecule has 1 saturated heterocycles. The summed E-state index contributed by atoms with van der Waals surface area (Å²) in [6.45, 7) is 2.87. The highest BCUT2D eigenvalue weighted by Gasteiger charge is 2.21. The van der Waals surface area contributed by atoms with Crippen LogP contribution < -0.4 is 10.2 Å². The van der Waals surface area contributed by atoms with Crippen LogP contribution in [0.4, 0.5) is 11.4 Å². The molecule has 0 spiro atoms. The average molecular weight is 284 g/mol. The van der Waals surface area contributed by atoms with E-state index >= 15 is 0 Å². The van der Waals surface area contributed by atoms with Gasteiger partial charge in [-0.3, -0.25) is 10.1 Å². The summed E-state index contributed by atoms with van der Waals surface area (Å²) in [5, 5.41) is 14.9. The van der Waals surface area contributed by atoms with Gasteiger partial charge in [0.2, 0.25) is 0 Å². The number of nitrogens with zero attached hydrogens (tertiary/aromatic N) is 2. The van der Waals surface area contributed by atoms with Gasteiger partial charge in [-0.25, -0.2) is 0 Å². The number of halogens is 1. The average Bonchev–Trinajstić information content (AvgIpc) is 2.39. The standard InChI is InChI=1S/C13H18ClN3O2/c1-16(9-10-4-6-15-7-5-10)13-8-11(14)2-3-12(13)17(18)19/h2-3,8,10,15H,4-7,9H2,1H3. The van der Waals surface area contributed by atoms with Crippen LogP contribution in [0, 0.1) is 16.0 Å². The van der Waals surface area contributed by atoms with Crippen LogP contribution in [0.25, 0.3) is 0 Å². The van der Waals surface area contributed by atoms with Crippen LogP contribution in [0.2, 0.25) is 5.02 Å². The van der Waals surface area contributed by atoms with E-state index in [2.05, 4.69) is 5.32 Å². The van der Waals surface area contributed by atoms with Gasteiger partial charge in [0, 0.05) is 24.7 Å². The molecule has 0 radical (unpaired) electrons. The van der Waals surface area contributed by atoms with Crippen LogP contribution in [-0.2, 0) is 0 Å². The molecular weight excluding hydrogens is 266 g/mol. The van der Waals surface area contributed by atoms with E-state index in [-0.39, 0.29) is 10.6 Å². The second kappa shape index (κ2) is 6.21. The Morgan fingerprint density at radius 3 is 2.79 bits per heavy atom. The zero-order valence-corrected chi connectivity index (χ0v) is 11.7. The lowest BCUT2D eigenvalue weighted by atomic mass is 9.97. The van der Waals surface area contributed by atoms with Crippen LogP contribution in [0.5, 0.6) is 0 Å². The first-order valence-corrected chi connectivity index (χ1v) is 6.81. The topological polar surface area (TPSA) is 58.4 Å². The fourth-order valence-electron chi connectivity index (χ4n) is 2.51. The third kappa shape index (κ3) is 3.58. The van der Waals surface area contributed by atoms with Gasteiger partial charge in [0.25, 0.3) is 5.69 Å². The SMILES string of the molecule is CN(CC1CCNCC1)c1cc(Cl)ccc1[N+](=O)[O-]. The summed E-state index contributed by atoms with van der Waals surface area (Å²) >= 11 is 5.95. The largest absolute Gasteiger partial charge is 0.369 e. The molecule has 1 fully saturated rings. The van der Waals surface area contributed by atoms with Gasteiger partial charge in [0.05, 0.1) is 4.92 Å². The molecule has 1 aromatic carbocycles. The van der Waals surface area contributed by atoms with Crippen molar-refractivity contribution in [3.8, 4) is 0 Å². The lowest BCUT2D eigenvalue weighted by Gasteiger charge is -2.28. The molecular formula is C13H18ClN3O2. The van der Waals surface area contributed by atoms with Gasteiger partial charge in [0.15, 0.2) is 0 Å². The van der Waals surface area contributed by atoms with E-state index in [0.29, 0.717) is 16.6 Å². The maximum absolute atomic E-state index is 11.1. The molecule has 5 nitrogen and oxygen atoms in total. The molecule has 104 valence electrons. The van der Waals surface area contributed by atoms with Crippen LogP contribution in [0.3, 0.4) is 0 Å². The molecule has 0 atom stereocenters. The van der Waals surface area contributed by atoms with Crippen LogP contribution in [0.15, 0.2) is 18.2 Å². The Morgan fingerprint density at radius 2 is 2.16 bits per heavy atom. The van der Waals surface area contributed by atoms with Gasteiger partial charge in [-0.05, 0) is 44.0 Å². The number of piperidine rings is 1. The number of nitro groups is 1. The molecule has 19 heavy (non-hydrogen) atoms. The Labute approximate surface area is 117 Å². The minimum Gasteiger partial charge on any atom is -0.369 e. The van der Waals surface area contributed by atoms with E-state index in [0.717, 1.165) is 32.5 Å². The number of benzene rings is 1. The maximum Gasteiger partial charge on any atom is 0.292 e. The molecule has 0 unspecified atom stereocenters. The summed E-state index contributed by atoms with van der Waals surface area (Å²) in [6, 6.07) is 4.69. The van der Waals surface area contributed by atoms with Gasteiger partial charge in [-0.15, -0.1) is 0 Å². The van der Waals surface area contributed by atoms with Crippen molar-refractivity contribution in [3.63, 3.8) is 0 Å². The van der Waals surface area contributed by atoms with Gasteiger partial charge in [-0.1, -0.05) is 11.6 Å². The van der Waals surface area contributed by atoms with E-state index in [9.17, 15) is 10.1 Å². The number of hydrogen-bond acceptors (Lipinski definition) is 4. The van der Waals surface area contributed by atoms with E-state index in [1.54, 1.807) is 12.1 Å². The number of rotatable bonds is 4. The Kier molecular flexibility index (Phi) is 4.61. The lowest BCUT2D eigenvalue weighted by Crippen LogP contribution is -2.34. The quantitative estimate of drug-likeness (QED) is 0.682. The molecule has 0 amide bonds. The molecule has 1 aliphatic heterocycles. The minimum atomic E-state index is -0.357. The van der Waals surface area contributed by atoms with Crippen molar-refractivity contribution in [2.24, 2.45) is 5.92 Å². The van der Waals surface area contributed by atoms with Crippen molar-refractivity contribution in [1.29, 1.82) is 0 Å². The predicted molar refractivity (Wildman–Crippen MR) is 77.0 cm³/mol. The van der Waals surface area contributed by atoms with E-state index in [1.165, 1.54) is 6.07 Å². The first-order valence-electron chi connectivity index (χ1n) is 6.43. The van der Waals surface area contributed by atoms with Gasteiger partial charge in [0.1, 0.15) is 5.69 Å². The minimum absolute atomic E-state index is 0.112. The van der Waals surface area contributed by atoms with Gasteiger partial charge in [-0.2, -0.15) is 0 Å². The van der Waals surface area contributed by atoms with Crippen molar-refractivity contribution in [2.75, 3.05) is 31.6 Å². The molecule has 6 heteroatoms. The highest BCUT2D eigenvalue weighted by molar-refractivity contribution is 6.31. The van der Waals surface area contributed by atoms with Crippen LogP contribution >= 0.6 is 11.6 Å². The second-order valence-electron chi connectivity index (χ2n) is 4.96. The van der Waals surface area contributed by atoms with Crippen LogP contribution in [-0.4, -0.2) is 31.6 Å². The third-order valence-corrected chi connectivity index (χ3v) is 3.77. The Balaban J connectivity index is 2.14. The summed E-state index contributed by atoms with van der Waals surface area (Å²) < 4.78 is 0. The molecule has 1 heterocycles. The zero-order chi connectivity index (χ0) is 13.8. The number of nitro benzene ring substituents is 1. The summed E-state index contributed by atoms with van der Waals surface area (Å²) in [6.07, 6.45) is 2.22. The molecule has 1 aromatic rings. The summed E-state index contributed by atoms with van der Waals surface area (Å²) in [4.78, 5) is 12.6. The van der Waals surface area contributed by atoms with Gasteiger partial charge >= 0.3 is 0 Å². The molecule has 1 N–H and O–H groups in total. The van der Waals surface area contributed by atoms with Gasteiger partial charge < -0.3 is 10.2 Å². The zero-order valence-electron chi connectivity index (χ0n) is 10.9. The number of nitrogens with one attached hydrogen (secondary N) is 1. The van der Waals surface area contributed by atoms with Crippen molar-refractivity contribution in [1.82, 2.24) is 5.32 Å². The third-order valence-electron chi connectivity index (χ3n) is 3.54. The second-order valence-corrected chi connectivity index (χ2v) is 5.40. The Hall–Kier alpha value is -1.33. The molecule has 0 aromatic heterocycles. The Bertz CT molecular complexity index is 461. The first-order chi connectivity index (χ1) is 9.08. The fraction of sp³-hybridized carbons (Fsp3) is 0.538. The molecule has 0 bridgehead atoms. The summed E-state index contributed by atoms with van der Waals surface area (Å²) in [7, 11) is 1.89. The van der Waals surface area contributed by atoms with Crippen molar-refractivity contribution in [2.45, 2.75) is 12.8 Å². The molecule has 1 aliphatic rings.